The third kappa shape index (κ3) is 3.88. The highest BCUT2D eigenvalue weighted by atomic mass is 16.3. The second-order valence-corrected chi connectivity index (χ2v) is 5.90. The molecule has 2 aromatic heterocycles. The van der Waals surface area contributed by atoms with E-state index in [4.69, 9.17) is 0 Å². The SMILES string of the molecule is CN(Cc1cn(C)nc1-c1ccncc1)CC(C)(C)O. The summed E-state index contributed by atoms with van der Waals surface area (Å²) in [6.45, 7) is 4.99. The molecule has 0 aromatic carbocycles. The lowest BCUT2D eigenvalue weighted by atomic mass is 10.1. The molecule has 0 radical (unpaired) electrons. The Morgan fingerprint density at radius 3 is 2.55 bits per heavy atom. The molecule has 0 fully saturated rings. The van der Waals surface area contributed by atoms with Gasteiger partial charge in [-0.15, -0.1) is 0 Å². The summed E-state index contributed by atoms with van der Waals surface area (Å²) in [4.78, 5) is 6.14. The van der Waals surface area contributed by atoms with E-state index in [0.717, 1.165) is 23.4 Å². The van der Waals surface area contributed by atoms with Crippen molar-refractivity contribution in [2.75, 3.05) is 13.6 Å². The fourth-order valence-corrected chi connectivity index (χ4v) is 2.41. The van der Waals surface area contributed by atoms with Gasteiger partial charge in [0.2, 0.25) is 0 Å². The first-order chi connectivity index (χ1) is 9.35. The van der Waals surface area contributed by atoms with Gasteiger partial charge in [-0.3, -0.25) is 14.6 Å². The molecule has 0 amide bonds. The third-order valence-electron chi connectivity index (χ3n) is 2.96. The molecular weight excluding hydrogens is 252 g/mol. The van der Waals surface area contributed by atoms with E-state index in [-0.39, 0.29) is 0 Å². The number of aryl methyl sites for hydroxylation is 1. The van der Waals surface area contributed by atoms with Crippen LogP contribution >= 0.6 is 0 Å². The zero-order valence-electron chi connectivity index (χ0n) is 12.5. The van der Waals surface area contributed by atoms with Crippen molar-refractivity contribution in [3.05, 3.63) is 36.3 Å². The van der Waals surface area contributed by atoms with E-state index in [9.17, 15) is 5.11 Å². The number of aromatic nitrogens is 3. The maximum atomic E-state index is 9.89. The Morgan fingerprint density at radius 2 is 1.95 bits per heavy atom. The summed E-state index contributed by atoms with van der Waals surface area (Å²) in [6.07, 6.45) is 5.57. The highest BCUT2D eigenvalue weighted by Gasteiger charge is 2.18. The molecule has 2 heterocycles. The molecule has 0 saturated heterocycles. The van der Waals surface area contributed by atoms with Gasteiger partial charge in [0.05, 0.1) is 11.3 Å². The first kappa shape index (κ1) is 14.7. The number of nitrogens with zero attached hydrogens (tertiary/aromatic N) is 4. The van der Waals surface area contributed by atoms with Crippen LogP contribution in [0.1, 0.15) is 19.4 Å². The average Bonchev–Trinajstić information content (AvgIpc) is 2.68. The monoisotopic (exact) mass is 274 g/mol. The molecule has 108 valence electrons. The van der Waals surface area contributed by atoms with Crippen molar-refractivity contribution in [1.82, 2.24) is 19.7 Å². The van der Waals surface area contributed by atoms with Crippen molar-refractivity contribution in [3.63, 3.8) is 0 Å². The largest absolute Gasteiger partial charge is 0.389 e. The van der Waals surface area contributed by atoms with Gasteiger partial charge in [0.15, 0.2) is 0 Å². The summed E-state index contributed by atoms with van der Waals surface area (Å²) in [6, 6.07) is 3.92. The smallest absolute Gasteiger partial charge is 0.0969 e. The predicted molar refractivity (Wildman–Crippen MR) is 79.1 cm³/mol. The van der Waals surface area contributed by atoms with Crippen molar-refractivity contribution in [2.45, 2.75) is 26.0 Å². The molecular formula is C15H22N4O. The first-order valence-electron chi connectivity index (χ1n) is 6.69. The fourth-order valence-electron chi connectivity index (χ4n) is 2.41. The van der Waals surface area contributed by atoms with E-state index in [1.165, 1.54) is 0 Å². The average molecular weight is 274 g/mol. The van der Waals surface area contributed by atoms with Crippen molar-refractivity contribution in [3.8, 4) is 11.3 Å². The minimum Gasteiger partial charge on any atom is -0.389 e. The minimum absolute atomic E-state index is 0.609. The Labute approximate surface area is 119 Å². The summed E-state index contributed by atoms with van der Waals surface area (Å²) < 4.78 is 1.82. The Kier molecular flexibility index (Phi) is 4.20. The quantitative estimate of drug-likeness (QED) is 0.901. The molecule has 1 N–H and O–H groups in total. The van der Waals surface area contributed by atoms with Crippen LogP contribution in [-0.4, -0.2) is 44.0 Å². The number of hydrogen-bond donors (Lipinski definition) is 1. The second kappa shape index (κ2) is 5.73. The summed E-state index contributed by atoms with van der Waals surface area (Å²) in [5.41, 5.74) is 2.48. The van der Waals surface area contributed by atoms with Crippen molar-refractivity contribution in [2.24, 2.45) is 7.05 Å². The molecule has 0 saturated carbocycles. The van der Waals surface area contributed by atoms with Gasteiger partial charge in [-0.05, 0) is 33.0 Å². The first-order valence-corrected chi connectivity index (χ1v) is 6.69. The van der Waals surface area contributed by atoms with Crippen LogP contribution < -0.4 is 0 Å². The van der Waals surface area contributed by atoms with Crippen LogP contribution in [0.5, 0.6) is 0 Å². The zero-order valence-corrected chi connectivity index (χ0v) is 12.5. The Hall–Kier alpha value is -1.72. The third-order valence-corrected chi connectivity index (χ3v) is 2.96. The minimum atomic E-state index is -0.701. The van der Waals surface area contributed by atoms with E-state index >= 15 is 0 Å². The number of aliphatic hydroxyl groups is 1. The van der Waals surface area contributed by atoms with Crippen LogP contribution in [-0.2, 0) is 13.6 Å². The Balaban J connectivity index is 2.21. The molecule has 0 aliphatic carbocycles. The van der Waals surface area contributed by atoms with Crippen molar-refractivity contribution >= 4 is 0 Å². The molecule has 20 heavy (non-hydrogen) atoms. The molecule has 0 aliphatic rings. The standard InChI is InChI=1S/C15H22N4O/c1-15(2,20)11-18(3)9-13-10-19(4)17-14(13)12-5-7-16-8-6-12/h5-8,10,20H,9,11H2,1-4H3. The lowest BCUT2D eigenvalue weighted by molar-refractivity contribution is 0.0425. The number of pyridine rings is 1. The van der Waals surface area contributed by atoms with Crippen LogP contribution in [0.2, 0.25) is 0 Å². The van der Waals surface area contributed by atoms with Gasteiger partial charge in [0.1, 0.15) is 0 Å². The lowest BCUT2D eigenvalue weighted by Gasteiger charge is -2.25. The molecule has 5 nitrogen and oxygen atoms in total. The summed E-state index contributed by atoms with van der Waals surface area (Å²) in [7, 11) is 3.92. The fraction of sp³-hybridized carbons (Fsp3) is 0.467. The summed E-state index contributed by atoms with van der Waals surface area (Å²) in [5, 5.41) is 14.4. The second-order valence-electron chi connectivity index (χ2n) is 5.90. The summed E-state index contributed by atoms with van der Waals surface area (Å²) >= 11 is 0. The Bertz CT molecular complexity index is 557. The zero-order chi connectivity index (χ0) is 14.8. The van der Waals surface area contributed by atoms with Crippen molar-refractivity contribution < 1.29 is 5.11 Å². The van der Waals surface area contributed by atoms with Gasteiger partial charge < -0.3 is 5.11 Å². The molecule has 0 bridgehead atoms. The number of likely N-dealkylation sites (N-methyl/N-ethyl adjacent to an activating group) is 1. The van der Waals surface area contributed by atoms with E-state index in [2.05, 4.69) is 15.0 Å². The van der Waals surface area contributed by atoms with Gasteiger partial charge in [0.25, 0.3) is 0 Å². The topological polar surface area (TPSA) is 54.2 Å². The molecule has 5 heteroatoms. The number of hydrogen-bond acceptors (Lipinski definition) is 4. The van der Waals surface area contributed by atoms with Crippen LogP contribution in [0, 0.1) is 0 Å². The predicted octanol–water partition coefficient (Wildman–Crippen LogP) is 1.68. The van der Waals surface area contributed by atoms with E-state index < -0.39 is 5.60 Å². The van der Waals surface area contributed by atoms with Crippen LogP contribution in [0.25, 0.3) is 11.3 Å². The number of rotatable bonds is 5. The summed E-state index contributed by atoms with van der Waals surface area (Å²) in [5.74, 6) is 0. The lowest BCUT2D eigenvalue weighted by Crippen LogP contribution is -2.35. The van der Waals surface area contributed by atoms with Gasteiger partial charge in [-0.1, -0.05) is 0 Å². The highest BCUT2D eigenvalue weighted by molar-refractivity contribution is 5.61. The highest BCUT2D eigenvalue weighted by Crippen LogP contribution is 2.22. The van der Waals surface area contributed by atoms with E-state index in [1.807, 2.05) is 51.0 Å². The van der Waals surface area contributed by atoms with Crippen LogP contribution in [0.15, 0.2) is 30.7 Å². The normalized spacial score (nSPS) is 12.1. The van der Waals surface area contributed by atoms with E-state index in [1.54, 1.807) is 12.4 Å². The van der Waals surface area contributed by atoms with Crippen LogP contribution in [0.4, 0.5) is 0 Å². The molecule has 2 aromatic rings. The maximum absolute atomic E-state index is 9.89. The van der Waals surface area contributed by atoms with Gasteiger partial charge >= 0.3 is 0 Å². The van der Waals surface area contributed by atoms with Gasteiger partial charge in [0, 0.05) is 49.9 Å². The molecule has 0 unspecified atom stereocenters. The molecule has 0 aliphatic heterocycles. The maximum Gasteiger partial charge on any atom is 0.0969 e. The van der Waals surface area contributed by atoms with E-state index in [0.29, 0.717) is 6.54 Å². The van der Waals surface area contributed by atoms with Crippen molar-refractivity contribution in [1.29, 1.82) is 0 Å². The molecule has 2 rings (SSSR count). The van der Waals surface area contributed by atoms with Crippen LogP contribution in [0.3, 0.4) is 0 Å². The molecule has 0 spiro atoms. The van der Waals surface area contributed by atoms with Gasteiger partial charge in [-0.25, -0.2) is 0 Å². The molecule has 0 atom stereocenters. The Morgan fingerprint density at radius 1 is 1.30 bits per heavy atom. The van der Waals surface area contributed by atoms with Gasteiger partial charge in [-0.2, -0.15) is 5.10 Å².